The Balaban J connectivity index is 0.604. The summed E-state index contributed by atoms with van der Waals surface area (Å²) in [6, 6.07) is -3.33. The maximum absolute atomic E-state index is 14.7. The summed E-state index contributed by atoms with van der Waals surface area (Å²) in [7, 11) is -4.09. The fraction of sp³-hybridized carbons (Fsp3) is 0.723. The third-order valence-corrected chi connectivity index (χ3v) is 29.3. The molecule has 1 unspecified atom stereocenters. The molecule has 1 aromatic rings. The number of carbonyl (C=O) groups is 14. The predicted octanol–water partition coefficient (Wildman–Crippen LogP) is 0.592. The Morgan fingerprint density at radius 3 is 2.01 bits per heavy atom. The predicted molar refractivity (Wildman–Crippen MR) is 505 cm³/mol. The average Bonchev–Trinajstić information content (AvgIpc) is 1.54. The zero-order valence-corrected chi connectivity index (χ0v) is 83.9. The molecule has 26 atom stereocenters. The number of esters is 1. The number of imide groups is 1. The number of urea groups is 1. The number of alkyl carbamates (subject to hydrolysis) is 1. The number of fused-ring (bicyclic) bond motifs is 6. The molecule has 13 amide bonds. The second-order valence-electron chi connectivity index (χ2n) is 39.1. The van der Waals surface area contributed by atoms with E-state index in [4.69, 9.17) is 86.1 Å². The number of ketones is 1. The highest BCUT2D eigenvalue weighted by molar-refractivity contribution is 7.51. The van der Waals surface area contributed by atoms with Gasteiger partial charge in [-0.25, -0.2) is 18.9 Å². The largest absolute Gasteiger partial charge is 0.472 e. The number of benzene rings is 1. The first-order valence-electron chi connectivity index (χ1n) is 49.5. The van der Waals surface area contributed by atoms with Crippen LogP contribution in [0.25, 0.3) is 0 Å². The minimum absolute atomic E-state index is 0.00234. The molecule has 144 heavy (non-hydrogen) atoms. The lowest BCUT2D eigenvalue weighted by atomic mass is 9.81. The summed E-state index contributed by atoms with van der Waals surface area (Å²) in [6.45, 7) is 11.4. The number of anilines is 1. The molecule has 12 aliphatic rings. The van der Waals surface area contributed by atoms with Gasteiger partial charge in [-0.3, -0.25) is 71.3 Å². The minimum atomic E-state index is -4.76. The lowest BCUT2D eigenvalue weighted by molar-refractivity contribution is -0.292. The monoisotopic (exact) mass is 2070 g/mol. The number of primary amides is 1. The van der Waals surface area contributed by atoms with Gasteiger partial charge in [-0.05, 0) is 138 Å². The second-order valence-corrected chi connectivity index (χ2v) is 42.3. The van der Waals surface area contributed by atoms with Crippen LogP contribution in [0, 0.1) is 17.8 Å². The number of Topliss-reactive ketones (excluding diaryl/α,β-unsaturated/α-hetero) is 1. The van der Waals surface area contributed by atoms with Gasteiger partial charge in [0.1, 0.15) is 79.2 Å². The number of nitrogens with zero attached hydrogens (tertiary/aromatic N) is 2. The molecule has 11 fully saturated rings. The molecule has 802 valence electrons. The molecule has 12 aliphatic heterocycles. The number of aliphatic hydroxyl groups is 1. The van der Waals surface area contributed by atoms with E-state index in [0.29, 0.717) is 68.4 Å². The van der Waals surface area contributed by atoms with Gasteiger partial charge in [0.05, 0.1) is 126 Å². The van der Waals surface area contributed by atoms with Gasteiger partial charge in [0.15, 0.2) is 5.79 Å². The molecule has 13 rings (SSSR count). The van der Waals surface area contributed by atoms with E-state index in [2.05, 4.69) is 73.2 Å². The normalized spacial score (nSPS) is 29.3. The molecule has 1 spiro atoms. The van der Waals surface area contributed by atoms with Gasteiger partial charge in [0, 0.05) is 115 Å². The summed E-state index contributed by atoms with van der Waals surface area (Å²) in [5.41, 5.74) is 8.02. The third-order valence-electron chi connectivity index (χ3n) is 27.5. The van der Waals surface area contributed by atoms with Crippen LogP contribution < -0.4 is 58.9 Å². The zero-order valence-electron chi connectivity index (χ0n) is 82.1. The van der Waals surface area contributed by atoms with Gasteiger partial charge in [-0.1, -0.05) is 46.1 Å². The van der Waals surface area contributed by atoms with Gasteiger partial charge in [0.25, 0.3) is 11.8 Å². The lowest BCUT2D eigenvalue weighted by Crippen LogP contribution is -2.61. The third kappa shape index (κ3) is 32.9. The number of hydrogen-bond donors (Lipinski definition) is 15. The number of rotatable bonds is 50. The Bertz CT molecular complexity index is 4800. The number of nitrogens with two attached hydrogens (primary N) is 1. The van der Waals surface area contributed by atoms with Crippen LogP contribution in [0.2, 0.25) is 0 Å². The quantitative estimate of drug-likeness (QED) is 0.0140. The van der Waals surface area contributed by atoms with Crippen molar-refractivity contribution in [2.24, 2.45) is 23.5 Å². The van der Waals surface area contributed by atoms with Crippen molar-refractivity contribution in [2.75, 3.05) is 112 Å². The number of amides is 13. The van der Waals surface area contributed by atoms with Gasteiger partial charge in [-0.2, -0.15) is 0 Å². The summed E-state index contributed by atoms with van der Waals surface area (Å²) in [4.78, 5) is 219. The first-order chi connectivity index (χ1) is 68.6. The summed E-state index contributed by atoms with van der Waals surface area (Å²) < 4.78 is 116. The zero-order chi connectivity index (χ0) is 104. The van der Waals surface area contributed by atoms with Crippen LogP contribution in [0.1, 0.15) is 168 Å². The van der Waals surface area contributed by atoms with Crippen molar-refractivity contribution < 1.29 is 167 Å². The number of phosphoric acid groups is 1. The van der Waals surface area contributed by atoms with Crippen LogP contribution in [0.15, 0.2) is 60.7 Å². The van der Waals surface area contributed by atoms with Crippen molar-refractivity contribution in [2.45, 2.75) is 308 Å². The van der Waals surface area contributed by atoms with Crippen molar-refractivity contribution in [1.29, 1.82) is 0 Å². The Kier molecular flexibility index (Phi) is 41.8. The summed E-state index contributed by atoms with van der Waals surface area (Å²) in [6.07, 6.45) is -0.607. The van der Waals surface area contributed by atoms with Crippen LogP contribution in [0.3, 0.4) is 0 Å². The lowest BCUT2D eigenvalue weighted by Gasteiger charge is -2.47. The maximum atomic E-state index is 14.7. The van der Waals surface area contributed by atoms with Gasteiger partial charge in [0.2, 0.25) is 47.3 Å². The number of phosphoric ester groups is 1. The summed E-state index contributed by atoms with van der Waals surface area (Å²) in [5.74, 6) is -11.6. The topological polar surface area (TPSA) is 645 Å². The van der Waals surface area contributed by atoms with Crippen LogP contribution in [0.5, 0.6) is 0 Å². The van der Waals surface area contributed by atoms with Gasteiger partial charge >= 0.3 is 33.5 Å². The molecule has 12 bridgehead atoms. The van der Waals surface area contributed by atoms with E-state index in [0.717, 1.165) is 49.0 Å². The number of methoxy groups -OCH3 is 1. The van der Waals surface area contributed by atoms with Gasteiger partial charge in [-0.15, -0.1) is 0 Å². The standard InChI is InChI=1S/C94H141N13O35P2/c1-51(2)79(105-88(117)66(45-76(112)102-65-25-33-131-91(65)120)104-87(116)63(12-9-10-31-106(6)7)101-75(111)26-32-129-35-36-130-37-38-134-144(126,127)133-34-30-96-89(118)67(107-77(113)22-23-78(107)114)49-98-74(110)27-39-143(123,124)125)90(119)103-64(13-11-29-97-92(95)121)86(115)100-56-16-14-55(15-17-56)50-132-93(122)99-48-58(109)44-72-80(128-8)62-43-57(108)42-60-19-21-69-81(137-60)85-84-83(139-69)82-73(140-84)47-94(141-82,142-85)28-24-61-41-53(4)68(135-61)20-18-59-40-52(3)54(5)70(136-59)46-71(62)138-72/h14-17,22-23,51-52,58-73,79-85,109H,4-5,9-13,18-21,24-50H2,1-3,6-8H3,(H,96,118)(H,98,110)(H,99,122)(H,100,115)(H,101,111)(H,102,112)(H,103,119)(H,104,116)(H,105,117)(H,126,127)(H3,95,97,121)(H2,123,124,125)/t52-,58+,59+,60-,61+,62+,63+,64+,65+,66+,67+,68+,69+,70-,71+,72-,73-,79+,80-,81+,82+,83+,84-,85+,94+/m1/s1. The van der Waals surface area contributed by atoms with Crippen molar-refractivity contribution in [3.05, 3.63) is 66.3 Å². The van der Waals surface area contributed by atoms with Crippen LogP contribution in [-0.4, -0.2) is 359 Å². The molecule has 50 heteroatoms. The molecule has 12 heterocycles. The average molecular weight is 2080 g/mol. The summed E-state index contributed by atoms with van der Waals surface area (Å²) in [5, 5.41) is 37.1. The van der Waals surface area contributed by atoms with Crippen molar-refractivity contribution in [3.8, 4) is 0 Å². The molecule has 0 aliphatic carbocycles. The van der Waals surface area contributed by atoms with Crippen molar-refractivity contribution in [3.63, 3.8) is 0 Å². The summed E-state index contributed by atoms with van der Waals surface area (Å²) >= 11 is 0. The van der Waals surface area contributed by atoms with Crippen molar-refractivity contribution >= 4 is 104 Å². The fourth-order valence-corrected chi connectivity index (χ4v) is 21.2. The number of unbranched alkanes of at least 4 members (excludes halogenated alkanes) is 1. The van der Waals surface area contributed by atoms with E-state index in [1.807, 2.05) is 19.0 Å². The SMILES string of the molecule is C=C1C[C@@H]2CC[C@@]34C[C@H]5O[C@H]6[C@@H](O3)[C@H]3O[C@H](CC[C@@H]3O[C@H]6[C@H]5O4)CC(=O)C[C@@H]3[C@@H](OC)[C@@H](C[C@H](O)CNC(=O)OCc4ccc(NC(=O)[C@H](CCCNC(N)=O)NC(=O)[C@@H](NC(=O)[C@H](CC(=O)N[C@H]5CCOC5=O)NC(=O)[C@H](CCCCN(C)C)NC(=O)CCOCCOCCOP(=O)(O)OCCNC(=O)[C@H](CNC(=O)CCP(=O)(O)O)N5C(=O)C=CC5=O)C(C)C)cc4)O[C@H]3C[C@H]3O[C@@H](CC[C@@H]1O2)C[C@@H](C)C3=C. The van der Waals surface area contributed by atoms with E-state index < -0.39 is 241 Å². The van der Waals surface area contributed by atoms with E-state index in [-0.39, 0.29) is 170 Å². The fourth-order valence-electron chi connectivity index (χ4n) is 20.0. The highest BCUT2D eigenvalue weighted by Gasteiger charge is 2.69. The van der Waals surface area contributed by atoms with E-state index in [9.17, 15) is 86.3 Å². The Hall–Kier alpha value is -9.24. The molecule has 0 aromatic heterocycles. The van der Waals surface area contributed by atoms with Crippen molar-refractivity contribution in [1.82, 2.24) is 57.7 Å². The Morgan fingerprint density at radius 1 is 0.625 bits per heavy atom. The van der Waals surface area contributed by atoms with Crippen LogP contribution in [-0.2, 0) is 144 Å². The van der Waals surface area contributed by atoms with E-state index >= 15 is 0 Å². The Labute approximate surface area is 834 Å². The molecule has 48 nitrogen and oxygen atoms in total. The van der Waals surface area contributed by atoms with Crippen LogP contribution >= 0.6 is 15.4 Å². The molecule has 0 radical (unpaired) electrons. The maximum Gasteiger partial charge on any atom is 0.472 e. The number of hydrogen-bond acceptors (Lipinski definition) is 33. The van der Waals surface area contributed by atoms with Gasteiger partial charge < -0.3 is 145 Å². The molecule has 1 aromatic carbocycles. The van der Waals surface area contributed by atoms with E-state index in [1.165, 1.54) is 12.1 Å². The number of cyclic esters (lactones) is 1. The van der Waals surface area contributed by atoms with Crippen LogP contribution in [0.4, 0.5) is 15.3 Å². The second kappa shape index (κ2) is 53.1. The number of ether oxygens (including phenoxy) is 13. The minimum Gasteiger partial charge on any atom is -0.464 e. The molecular formula is C94H141N13O35P2. The Morgan fingerprint density at radius 2 is 1.30 bits per heavy atom. The number of nitrogens with one attached hydrogen (secondary N) is 10. The highest BCUT2D eigenvalue weighted by Crippen LogP contribution is 2.55. The first kappa shape index (κ1) is 113. The molecular weight excluding hydrogens is 1930 g/mol. The number of carbonyl (C=O) groups excluding carboxylic acids is 14. The highest BCUT2D eigenvalue weighted by atomic mass is 31.2. The molecule has 16 N–H and O–H groups in total. The molecule has 0 saturated carbocycles. The first-order valence-corrected chi connectivity index (χ1v) is 52.8. The number of aliphatic hydroxyl groups excluding tert-OH is 1. The van der Waals surface area contributed by atoms with E-state index in [1.54, 1.807) is 33.1 Å². The molecule has 11 saturated heterocycles. The smallest absolute Gasteiger partial charge is 0.464 e.